The highest BCUT2D eigenvalue weighted by Crippen LogP contribution is 2.34. The van der Waals surface area contributed by atoms with Crippen LogP contribution >= 0.6 is 11.8 Å². The number of amidine groups is 2. The van der Waals surface area contributed by atoms with Crippen LogP contribution in [0, 0.1) is 0 Å². The van der Waals surface area contributed by atoms with Crippen molar-refractivity contribution in [2.45, 2.75) is 9.79 Å². The number of ether oxygens (including phenoxy) is 1. The number of nitrogens with zero attached hydrogens (tertiary/aromatic N) is 4. The van der Waals surface area contributed by atoms with Gasteiger partial charge in [-0.1, -0.05) is 54.6 Å². The van der Waals surface area contributed by atoms with E-state index in [1.54, 1.807) is 84.9 Å². The number of thioether (sulfide) groups is 1. The molecule has 40 heavy (non-hydrogen) atoms. The molecular weight excluding hydrogens is 569 g/mol. The van der Waals surface area contributed by atoms with Gasteiger partial charge in [0.2, 0.25) is 0 Å². The number of para-hydroxylation sites is 1. The van der Waals surface area contributed by atoms with Crippen molar-refractivity contribution in [2.75, 3.05) is 12.0 Å². The third kappa shape index (κ3) is 5.98. The summed E-state index contributed by atoms with van der Waals surface area (Å²) < 4.78 is 66.8. The molecule has 5 rings (SSSR count). The topological polar surface area (TPSA) is 118 Å². The molecule has 202 valence electrons. The summed E-state index contributed by atoms with van der Waals surface area (Å²) in [6.07, 6.45) is 0. The maximum atomic E-state index is 13.4. The fourth-order valence-corrected chi connectivity index (χ4v) is 6.91. The zero-order valence-electron chi connectivity index (χ0n) is 21.0. The Bertz CT molecular complexity index is 1810. The van der Waals surface area contributed by atoms with Crippen molar-refractivity contribution >= 4 is 59.2 Å². The van der Waals surface area contributed by atoms with Gasteiger partial charge in [0, 0.05) is 5.69 Å². The van der Waals surface area contributed by atoms with Gasteiger partial charge in [-0.05, 0) is 72.4 Å². The molecule has 1 heterocycles. The van der Waals surface area contributed by atoms with Crippen molar-refractivity contribution in [3.05, 3.63) is 115 Å². The van der Waals surface area contributed by atoms with Crippen molar-refractivity contribution in [2.24, 2.45) is 13.8 Å². The molecule has 0 spiro atoms. The summed E-state index contributed by atoms with van der Waals surface area (Å²) in [5.41, 5.74) is 1.05. The van der Waals surface area contributed by atoms with Gasteiger partial charge >= 0.3 is 0 Å². The van der Waals surface area contributed by atoms with E-state index in [1.165, 1.54) is 36.3 Å². The van der Waals surface area contributed by atoms with Crippen molar-refractivity contribution in [1.82, 2.24) is 0 Å². The fourth-order valence-electron chi connectivity index (χ4n) is 3.67. The Hall–Kier alpha value is -4.26. The summed E-state index contributed by atoms with van der Waals surface area (Å²) in [6, 6.07) is 31.1. The SMILES string of the molecule is COc1ccc(N2C(=Nc3ccccc3)SC(=N/S(=O)(=O)c3ccccc3)/C2=N/S(=O)(=O)c2ccccc2)cc1. The molecule has 4 aromatic carbocycles. The van der Waals surface area contributed by atoms with Gasteiger partial charge in [0.05, 0.1) is 22.6 Å². The Morgan fingerprint density at radius 1 is 0.650 bits per heavy atom. The number of sulfonamides is 2. The summed E-state index contributed by atoms with van der Waals surface area (Å²) in [6.45, 7) is 0. The number of benzene rings is 4. The van der Waals surface area contributed by atoms with E-state index < -0.39 is 20.0 Å². The second-order valence-electron chi connectivity index (χ2n) is 8.25. The molecule has 0 aliphatic carbocycles. The van der Waals surface area contributed by atoms with Crippen molar-refractivity contribution in [3.63, 3.8) is 0 Å². The average molecular weight is 591 g/mol. The summed E-state index contributed by atoms with van der Waals surface area (Å²) in [4.78, 5) is 6.06. The minimum Gasteiger partial charge on any atom is -0.497 e. The van der Waals surface area contributed by atoms with Gasteiger partial charge < -0.3 is 4.74 Å². The van der Waals surface area contributed by atoms with Gasteiger partial charge in [-0.3, -0.25) is 4.90 Å². The summed E-state index contributed by atoms with van der Waals surface area (Å²) in [5.74, 6) is 0.376. The Morgan fingerprint density at radius 2 is 1.15 bits per heavy atom. The van der Waals surface area contributed by atoms with Crippen LogP contribution in [0.25, 0.3) is 0 Å². The van der Waals surface area contributed by atoms with E-state index in [1.807, 2.05) is 6.07 Å². The van der Waals surface area contributed by atoms with Crippen molar-refractivity contribution in [1.29, 1.82) is 0 Å². The Balaban J connectivity index is 1.75. The van der Waals surface area contributed by atoms with Gasteiger partial charge in [0.25, 0.3) is 20.0 Å². The number of hydrogen-bond acceptors (Lipinski definition) is 7. The van der Waals surface area contributed by atoms with Gasteiger partial charge in [0.1, 0.15) is 5.75 Å². The standard InChI is InChI=1S/C28H22N4O5S3/c1-37-23-19-17-22(18-20-23)32-26(30-39(33,34)24-13-7-3-8-14-24)27(31-40(35,36)25-15-9-4-10-16-25)38-28(32)29-21-11-5-2-6-12-21/h2-20H,1H3/b29-28?,30-26-,31-27+. The first-order chi connectivity index (χ1) is 19.3. The molecule has 0 atom stereocenters. The van der Waals surface area contributed by atoms with Crippen molar-refractivity contribution in [3.8, 4) is 5.75 Å². The maximum Gasteiger partial charge on any atom is 0.284 e. The first-order valence-corrected chi connectivity index (χ1v) is 15.5. The molecule has 9 nitrogen and oxygen atoms in total. The normalized spacial score (nSPS) is 17.0. The lowest BCUT2D eigenvalue weighted by molar-refractivity contribution is 0.415. The molecule has 0 saturated carbocycles. The molecule has 1 aliphatic rings. The van der Waals surface area contributed by atoms with Gasteiger partial charge in [-0.25, -0.2) is 4.99 Å². The van der Waals surface area contributed by atoms with Crippen LogP contribution in [0.1, 0.15) is 0 Å². The highest BCUT2D eigenvalue weighted by atomic mass is 32.2. The lowest BCUT2D eigenvalue weighted by Gasteiger charge is -2.19. The Labute approximate surface area is 236 Å². The van der Waals surface area contributed by atoms with E-state index in [2.05, 4.69) is 13.8 Å². The zero-order chi connectivity index (χ0) is 28.2. The molecule has 0 radical (unpaired) electrons. The highest BCUT2D eigenvalue weighted by molar-refractivity contribution is 8.30. The molecule has 4 aromatic rings. The maximum absolute atomic E-state index is 13.4. The summed E-state index contributed by atoms with van der Waals surface area (Å²) >= 11 is 0.904. The summed E-state index contributed by atoms with van der Waals surface area (Å²) in [7, 11) is -6.96. The van der Waals surface area contributed by atoms with E-state index in [0.29, 0.717) is 17.1 Å². The molecule has 1 aliphatic heterocycles. The first-order valence-electron chi connectivity index (χ1n) is 11.8. The van der Waals surface area contributed by atoms with Crippen LogP contribution in [0.5, 0.6) is 5.75 Å². The predicted octanol–water partition coefficient (Wildman–Crippen LogP) is 5.51. The molecular formula is C28H22N4O5S3. The number of hydrogen-bond donors (Lipinski definition) is 0. The van der Waals surface area contributed by atoms with Crippen LogP contribution in [0.15, 0.2) is 139 Å². The molecule has 0 N–H and O–H groups in total. The van der Waals surface area contributed by atoms with E-state index in [4.69, 9.17) is 4.74 Å². The third-order valence-electron chi connectivity index (χ3n) is 5.59. The van der Waals surface area contributed by atoms with Crippen molar-refractivity contribution < 1.29 is 21.6 Å². The van der Waals surface area contributed by atoms with Crippen LogP contribution in [0.2, 0.25) is 0 Å². The largest absolute Gasteiger partial charge is 0.497 e. The molecule has 12 heteroatoms. The van der Waals surface area contributed by atoms with Crippen LogP contribution in [-0.2, 0) is 20.0 Å². The quantitative estimate of drug-likeness (QED) is 0.278. The Morgan fingerprint density at radius 3 is 1.68 bits per heavy atom. The molecule has 0 bridgehead atoms. The van der Waals surface area contributed by atoms with E-state index in [-0.39, 0.29) is 25.8 Å². The average Bonchev–Trinajstić information content (AvgIpc) is 3.29. The second-order valence-corrected chi connectivity index (χ2v) is 12.4. The van der Waals surface area contributed by atoms with Gasteiger partial charge in [-0.2, -0.15) is 16.8 Å². The lowest BCUT2D eigenvalue weighted by atomic mass is 10.2. The zero-order valence-corrected chi connectivity index (χ0v) is 23.5. The smallest absolute Gasteiger partial charge is 0.284 e. The molecule has 1 fully saturated rings. The molecule has 1 saturated heterocycles. The van der Waals surface area contributed by atoms with Crippen LogP contribution in [0.4, 0.5) is 11.4 Å². The first kappa shape index (κ1) is 27.3. The van der Waals surface area contributed by atoms with E-state index in [0.717, 1.165) is 11.8 Å². The number of aliphatic imine (C=N–C) groups is 1. The fraction of sp³-hybridized carbons (Fsp3) is 0.0357. The minimum atomic E-state index is -4.27. The van der Waals surface area contributed by atoms with Crippen LogP contribution in [0.3, 0.4) is 0 Å². The third-order valence-corrected chi connectivity index (χ3v) is 9.20. The molecule has 0 unspecified atom stereocenters. The number of rotatable bonds is 7. The highest BCUT2D eigenvalue weighted by Gasteiger charge is 2.38. The number of anilines is 1. The van der Waals surface area contributed by atoms with E-state index in [9.17, 15) is 16.8 Å². The van der Waals surface area contributed by atoms with E-state index >= 15 is 0 Å². The second kappa shape index (κ2) is 11.5. The number of methoxy groups -OCH3 is 1. The van der Waals surface area contributed by atoms with Crippen LogP contribution < -0.4 is 9.64 Å². The molecule has 0 amide bonds. The monoisotopic (exact) mass is 590 g/mol. The molecule has 0 aromatic heterocycles. The van der Waals surface area contributed by atoms with Gasteiger partial charge in [-0.15, -0.1) is 8.80 Å². The minimum absolute atomic E-state index is 0.0437. The Kier molecular flexibility index (Phi) is 7.83. The van der Waals surface area contributed by atoms with Gasteiger partial charge in [0.15, 0.2) is 16.0 Å². The lowest BCUT2D eigenvalue weighted by Crippen LogP contribution is -2.32. The predicted molar refractivity (Wildman–Crippen MR) is 159 cm³/mol. The summed E-state index contributed by atoms with van der Waals surface area (Å²) in [5, 5.41) is 0.120. The van der Waals surface area contributed by atoms with Crippen LogP contribution in [-0.4, -0.2) is 40.0 Å².